The molecule has 0 aromatic heterocycles. The van der Waals surface area contributed by atoms with Crippen LogP contribution in [0.1, 0.15) is 58.3 Å². The maximum absolute atomic E-state index is 13.7. The van der Waals surface area contributed by atoms with Crippen LogP contribution in [0.15, 0.2) is 40.9 Å². The minimum atomic E-state index is -3.88. The smallest absolute Gasteiger partial charge is 0.269 e. The van der Waals surface area contributed by atoms with Gasteiger partial charge in [-0.15, -0.1) is 0 Å². The first-order valence-corrected chi connectivity index (χ1v) is 12.7. The van der Waals surface area contributed by atoms with E-state index in [0.717, 1.165) is 50.6 Å². The summed E-state index contributed by atoms with van der Waals surface area (Å²) in [6.07, 6.45) is 9.31. The second-order valence-corrected chi connectivity index (χ2v) is 11.6. The average molecular weight is 445 g/mol. The van der Waals surface area contributed by atoms with Gasteiger partial charge in [-0.3, -0.25) is 19.2 Å². The molecular formula is C23H28N2O5S. The van der Waals surface area contributed by atoms with Crippen molar-refractivity contribution in [3.8, 4) is 0 Å². The molecule has 2 saturated carbocycles. The van der Waals surface area contributed by atoms with Crippen molar-refractivity contribution in [2.45, 2.75) is 63.2 Å². The molecule has 4 atom stereocenters. The molecule has 1 spiro atoms. The van der Waals surface area contributed by atoms with Crippen LogP contribution in [0.25, 0.3) is 0 Å². The number of piperidine rings is 1. The summed E-state index contributed by atoms with van der Waals surface area (Å²) in [5, 5.41) is 11.0. The summed E-state index contributed by atoms with van der Waals surface area (Å²) in [6.45, 7) is 2.51. The van der Waals surface area contributed by atoms with E-state index in [4.69, 9.17) is 0 Å². The standard InChI is InChI=1S/C23H28N2O5S/c1-22-18-6-2-3-8-20(22)24(15-14-23(22)13-5-4-7-19(23)21(18)26)31(29,30)17-11-9-16(10-12-17)25(27)28/h8-12,18-19H,2-7,13-15H2,1H3/t18-,19-,22+,23+/m1/s1. The Morgan fingerprint density at radius 2 is 1.77 bits per heavy atom. The van der Waals surface area contributed by atoms with E-state index in [2.05, 4.69) is 13.0 Å². The third kappa shape index (κ3) is 2.63. The number of nitro groups is 1. The van der Waals surface area contributed by atoms with Gasteiger partial charge in [0.05, 0.1) is 9.82 Å². The molecule has 0 amide bonds. The summed E-state index contributed by atoms with van der Waals surface area (Å²) in [5.41, 5.74) is 0.0312. The molecule has 3 aliphatic carbocycles. The lowest BCUT2D eigenvalue weighted by Gasteiger charge is -2.57. The molecule has 8 heteroatoms. The zero-order valence-electron chi connectivity index (χ0n) is 17.7. The number of carbonyl (C=O) groups excluding carboxylic acids is 1. The summed E-state index contributed by atoms with van der Waals surface area (Å²) < 4.78 is 28.9. The van der Waals surface area contributed by atoms with Crippen LogP contribution >= 0.6 is 0 Å². The lowest BCUT2D eigenvalue weighted by molar-refractivity contribution is -0.384. The normalized spacial score (nSPS) is 35.1. The maximum atomic E-state index is 13.7. The highest BCUT2D eigenvalue weighted by Gasteiger charge is 2.70. The topological polar surface area (TPSA) is 97.6 Å². The number of nitrogens with zero attached hydrogens (tertiary/aromatic N) is 2. The zero-order valence-corrected chi connectivity index (χ0v) is 18.6. The highest BCUT2D eigenvalue weighted by molar-refractivity contribution is 7.89. The number of ketones is 1. The summed E-state index contributed by atoms with van der Waals surface area (Å²) >= 11 is 0. The predicted molar refractivity (Wildman–Crippen MR) is 115 cm³/mol. The molecule has 4 aliphatic rings. The van der Waals surface area contributed by atoms with Crippen LogP contribution < -0.4 is 0 Å². The number of nitro benzene ring substituents is 1. The van der Waals surface area contributed by atoms with Crippen LogP contribution in [0.5, 0.6) is 0 Å². The van der Waals surface area contributed by atoms with Crippen LogP contribution in [-0.4, -0.2) is 30.0 Å². The molecule has 1 aromatic carbocycles. The first kappa shape index (κ1) is 20.7. The Morgan fingerprint density at radius 1 is 1.06 bits per heavy atom. The van der Waals surface area contributed by atoms with Gasteiger partial charge in [0.15, 0.2) is 0 Å². The maximum Gasteiger partial charge on any atom is 0.269 e. The first-order chi connectivity index (χ1) is 14.7. The highest BCUT2D eigenvalue weighted by atomic mass is 32.2. The Labute approximate surface area is 182 Å². The summed E-state index contributed by atoms with van der Waals surface area (Å²) in [6, 6.07) is 5.11. The third-order valence-electron chi connectivity index (χ3n) is 8.68. The second kappa shape index (κ2) is 6.89. The van der Waals surface area contributed by atoms with Crippen molar-refractivity contribution in [3.05, 3.63) is 46.2 Å². The summed E-state index contributed by atoms with van der Waals surface area (Å²) in [5.74, 6) is 0.269. The van der Waals surface area contributed by atoms with Crippen molar-refractivity contribution in [1.29, 1.82) is 0 Å². The van der Waals surface area contributed by atoms with Gasteiger partial charge < -0.3 is 0 Å². The molecule has 1 heterocycles. The summed E-state index contributed by atoms with van der Waals surface area (Å²) in [7, 11) is -3.88. The molecule has 1 saturated heterocycles. The number of hydrogen-bond acceptors (Lipinski definition) is 5. The Bertz CT molecular complexity index is 1080. The van der Waals surface area contributed by atoms with E-state index in [0.29, 0.717) is 18.7 Å². The lowest BCUT2D eigenvalue weighted by atomic mass is 9.52. The van der Waals surface area contributed by atoms with Gasteiger partial charge in [-0.1, -0.05) is 25.8 Å². The van der Waals surface area contributed by atoms with Crippen LogP contribution in [0.2, 0.25) is 0 Å². The van der Waals surface area contributed by atoms with Crippen molar-refractivity contribution < 1.29 is 18.1 Å². The number of rotatable bonds is 3. The van der Waals surface area contributed by atoms with Gasteiger partial charge in [0.25, 0.3) is 15.7 Å². The van der Waals surface area contributed by atoms with Crippen LogP contribution in [0.4, 0.5) is 5.69 Å². The van der Waals surface area contributed by atoms with Crippen molar-refractivity contribution in [1.82, 2.24) is 4.31 Å². The van der Waals surface area contributed by atoms with E-state index < -0.39 is 20.4 Å². The lowest BCUT2D eigenvalue weighted by Crippen LogP contribution is -2.55. The number of allylic oxidation sites excluding steroid dienone is 2. The molecule has 0 N–H and O–H groups in total. The van der Waals surface area contributed by atoms with Gasteiger partial charge in [0.1, 0.15) is 5.78 Å². The molecule has 5 rings (SSSR count). The average Bonchev–Trinajstić information content (AvgIpc) is 2.84. The molecule has 3 fully saturated rings. The van der Waals surface area contributed by atoms with Gasteiger partial charge in [0.2, 0.25) is 0 Å². The Kier molecular flexibility index (Phi) is 4.59. The summed E-state index contributed by atoms with van der Waals surface area (Å²) in [4.78, 5) is 24.0. The molecule has 1 aliphatic heterocycles. The molecule has 31 heavy (non-hydrogen) atoms. The van der Waals surface area contributed by atoms with E-state index >= 15 is 0 Å². The van der Waals surface area contributed by atoms with E-state index in [9.17, 15) is 23.3 Å². The van der Waals surface area contributed by atoms with E-state index in [1.165, 1.54) is 28.6 Å². The van der Waals surface area contributed by atoms with Crippen LogP contribution in [-0.2, 0) is 14.8 Å². The van der Waals surface area contributed by atoms with Gasteiger partial charge in [-0.05, 0) is 56.1 Å². The highest BCUT2D eigenvalue weighted by Crippen LogP contribution is 2.71. The molecule has 0 bridgehead atoms. The second-order valence-electron chi connectivity index (χ2n) is 9.71. The molecule has 166 valence electrons. The van der Waals surface area contributed by atoms with Crippen molar-refractivity contribution in [3.63, 3.8) is 0 Å². The monoisotopic (exact) mass is 444 g/mol. The molecular weight excluding hydrogens is 416 g/mol. The quantitative estimate of drug-likeness (QED) is 0.507. The minimum absolute atomic E-state index is 0.0435. The van der Waals surface area contributed by atoms with Gasteiger partial charge >= 0.3 is 0 Å². The van der Waals surface area contributed by atoms with E-state index in [1.54, 1.807) is 0 Å². The van der Waals surface area contributed by atoms with Crippen LogP contribution in [0.3, 0.4) is 0 Å². The SMILES string of the molecule is C[C@@]12C3=CCCC[C@@H]1C(=O)[C@H]1CCCC[C@]12CCN3S(=O)(=O)c1ccc([N+](=O)[O-])cc1. The van der Waals surface area contributed by atoms with E-state index in [-0.39, 0.29) is 27.8 Å². The Morgan fingerprint density at radius 3 is 2.48 bits per heavy atom. The van der Waals surface area contributed by atoms with Crippen LogP contribution in [0, 0.1) is 32.8 Å². The molecule has 0 unspecified atom stereocenters. The van der Waals surface area contributed by atoms with E-state index in [1.807, 2.05) is 0 Å². The van der Waals surface area contributed by atoms with Crippen molar-refractivity contribution in [2.24, 2.45) is 22.7 Å². The molecule has 7 nitrogen and oxygen atoms in total. The van der Waals surface area contributed by atoms with Crippen molar-refractivity contribution >= 4 is 21.5 Å². The zero-order chi connectivity index (χ0) is 22.0. The van der Waals surface area contributed by atoms with Gasteiger partial charge in [0, 0.05) is 41.6 Å². The fraction of sp³-hybridized carbons (Fsp3) is 0.609. The number of hydrogen-bond donors (Lipinski definition) is 0. The first-order valence-electron chi connectivity index (χ1n) is 11.2. The third-order valence-corrected chi connectivity index (χ3v) is 10.5. The fourth-order valence-corrected chi connectivity index (χ4v) is 8.83. The number of Topliss-reactive ketones (excluding diaryl/α,β-unsaturated/α-hetero) is 1. The molecule has 1 aromatic rings. The Balaban J connectivity index is 1.61. The number of carbonyl (C=O) groups is 1. The number of benzene rings is 1. The number of sulfonamides is 1. The minimum Gasteiger partial charge on any atom is -0.299 e. The predicted octanol–water partition coefficient (Wildman–Crippen LogP) is 4.44. The Hall–Kier alpha value is -2.22. The van der Waals surface area contributed by atoms with Gasteiger partial charge in [-0.25, -0.2) is 8.42 Å². The van der Waals surface area contributed by atoms with Gasteiger partial charge in [-0.2, -0.15) is 0 Å². The molecule has 0 radical (unpaired) electrons. The van der Waals surface area contributed by atoms with Crippen molar-refractivity contribution in [2.75, 3.05) is 6.54 Å². The largest absolute Gasteiger partial charge is 0.299 e. The number of non-ortho nitro benzene ring substituents is 1. The fourth-order valence-electron chi connectivity index (χ4n) is 7.25.